The van der Waals surface area contributed by atoms with Crippen LogP contribution in [0.15, 0.2) is 60.7 Å². The number of nitrogens with one attached hydrogen (secondary N) is 1. The van der Waals surface area contributed by atoms with Crippen molar-refractivity contribution in [2.45, 2.75) is 18.4 Å². The Morgan fingerprint density at radius 2 is 1.29 bits per heavy atom. The zero-order valence-corrected chi connectivity index (χ0v) is 12.6. The molecule has 2 aromatic carbocycles. The van der Waals surface area contributed by atoms with E-state index < -0.39 is 5.60 Å². The summed E-state index contributed by atoms with van der Waals surface area (Å²) in [7, 11) is 2.24. The Labute approximate surface area is 127 Å². The third-order valence-corrected chi connectivity index (χ3v) is 4.86. The van der Waals surface area contributed by atoms with Crippen LogP contribution in [0, 0.1) is 5.92 Å². The largest absolute Gasteiger partial charge is 0.380 e. The summed E-state index contributed by atoms with van der Waals surface area (Å²) < 4.78 is 0. The van der Waals surface area contributed by atoms with E-state index in [0.29, 0.717) is 0 Å². The third-order valence-electron chi connectivity index (χ3n) is 4.86. The highest BCUT2D eigenvalue weighted by atomic mass is 16.3. The van der Waals surface area contributed by atoms with Crippen LogP contribution in [0.25, 0.3) is 0 Å². The fraction of sp³-hybridized carbons (Fsp3) is 0.368. The molecule has 1 fully saturated rings. The second-order valence-electron chi connectivity index (χ2n) is 6.23. The molecular weight excluding hydrogens is 258 g/mol. The Hall–Kier alpha value is -1.64. The van der Waals surface area contributed by atoms with Crippen molar-refractivity contribution in [1.82, 2.24) is 0 Å². The Morgan fingerprint density at radius 1 is 0.857 bits per heavy atom. The lowest BCUT2D eigenvalue weighted by Crippen LogP contribution is -3.10. The first-order valence-electron chi connectivity index (χ1n) is 7.86. The molecule has 3 rings (SSSR count). The van der Waals surface area contributed by atoms with Crippen LogP contribution < -0.4 is 4.90 Å². The van der Waals surface area contributed by atoms with Gasteiger partial charge >= 0.3 is 0 Å². The molecule has 2 nitrogen and oxygen atoms in total. The van der Waals surface area contributed by atoms with Gasteiger partial charge in [0.15, 0.2) is 0 Å². The van der Waals surface area contributed by atoms with Crippen LogP contribution >= 0.6 is 0 Å². The summed E-state index contributed by atoms with van der Waals surface area (Å²) >= 11 is 0. The first-order chi connectivity index (χ1) is 10.2. The number of benzene rings is 2. The van der Waals surface area contributed by atoms with E-state index in [0.717, 1.165) is 37.1 Å². The van der Waals surface area contributed by atoms with E-state index >= 15 is 0 Å². The standard InChI is InChI=1S/C19H23NO/c1-20-14-12-18(13-15-20)19(21,16-8-4-2-5-9-16)17-10-6-3-7-11-17/h2-11,18,21H,12-15H2,1H3/p+1. The molecule has 1 aliphatic rings. The van der Waals surface area contributed by atoms with Gasteiger partial charge in [-0.1, -0.05) is 60.7 Å². The summed E-state index contributed by atoms with van der Waals surface area (Å²) in [6, 6.07) is 20.3. The molecule has 0 radical (unpaired) electrons. The topological polar surface area (TPSA) is 24.7 Å². The maximum Gasteiger partial charge on any atom is 0.118 e. The van der Waals surface area contributed by atoms with E-state index in [2.05, 4.69) is 31.3 Å². The van der Waals surface area contributed by atoms with Crippen molar-refractivity contribution in [2.24, 2.45) is 5.92 Å². The Bertz CT molecular complexity index is 519. The van der Waals surface area contributed by atoms with Crippen molar-refractivity contribution in [3.05, 3.63) is 71.8 Å². The molecule has 0 saturated carbocycles. The van der Waals surface area contributed by atoms with Gasteiger partial charge in [-0.15, -0.1) is 0 Å². The molecule has 0 aliphatic carbocycles. The fourth-order valence-corrected chi connectivity index (χ4v) is 3.55. The van der Waals surface area contributed by atoms with Gasteiger partial charge in [0.2, 0.25) is 0 Å². The number of rotatable bonds is 3. The second kappa shape index (κ2) is 6.00. The Balaban J connectivity index is 2.03. The summed E-state index contributed by atoms with van der Waals surface area (Å²) in [6.45, 7) is 2.26. The molecule has 2 N–H and O–H groups in total. The molecular formula is C19H24NO+. The predicted molar refractivity (Wildman–Crippen MR) is 85.2 cm³/mol. The van der Waals surface area contributed by atoms with Crippen molar-refractivity contribution < 1.29 is 10.0 Å². The van der Waals surface area contributed by atoms with Gasteiger partial charge in [-0.2, -0.15) is 0 Å². The molecule has 0 aromatic heterocycles. The lowest BCUT2D eigenvalue weighted by atomic mass is 9.72. The molecule has 0 amide bonds. The Morgan fingerprint density at radius 3 is 1.71 bits per heavy atom. The lowest BCUT2D eigenvalue weighted by molar-refractivity contribution is -0.886. The van der Waals surface area contributed by atoms with Gasteiger partial charge in [-0.05, 0) is 11.1 Å². The highest BCUT2D eigenvalue weighted by molar-refractivity contribution is 5.37. The first-order valence-corrected chi connectivity index (χ1v) is 7.86. The van der Waals surface area contributed by atoms with Crippen LogP contribution in [-0.4, -0.2) is 25.2 Å². The molecule has 1 saturated heterocycles. The molecule has 21 heavy (non-hydrogen) atoms. The zero-order chi connectivity index (χ0) is 14.7. The third kappa shape index (κ3) is 2.74. The van der Waals surface area contributed by atoms with Crippen molar-refractivity contribution in [3.8, 4) is 0 Å². The summed E-state index contributed by atoms with van der Waals surface area (Å²) in [6.07, 6.45) is 2.12. The number of aliphatic hydroxyl groups is 1. The Kier molecular flexibility index (Phi) is 4.09. The van der Waals surface area contributed by atoms with Crippen molar-refractivity contribution in [3.63, 3.8) is 0 Å². The maximum absolute atomic E-state index is 11.7. The normalized spacial score (nSPS) is 23.0. The van der Waals surface area contributed by atoms with Crippen molar-refractivity contribution >= 4 is 0 Å². The molecule has 2 aromatic rings. The summed E-state index contributed by atoms with van der Waals surface area (Å²) in [5.41, 5.74) is 1.16. The number of piperidine rings is 1. The second-order valence-corrected chi connectivity index (χ2v) is 6.23. The van der Waals surface area contributed by atoms with E-state index in [9.17, 15) is 5.11 Å². The molecule has 110 valence electrons. The van der Waals surface area contributed by atoms with E-state index in [1.54, 1.807) is 4.90 Å². The van der Waals surface area contributed by atoms with Crippen LogP contribution in [0.3, 0.4) is 0 Å². The minimum absolute atomic E-state index is 0.283. The van der Waals surface area contributed by atoms with Gasteiger partial charge in [0.05, 0.1) is 20.1 Å². The van der Waals surface area contributed by atoms with E-state index in [1.807, 2.05) is 36.4 Å². The molecule has 0 spiro atoms. The smallest absolute Gasteiger partial charge is 0.118 e. The molecule has 2 heteroatoms. The van der Waals surface area contributed by atoms with Crippen LogP contribution in [0.2, 0.25) is 0 Å². The number of likely N-dealkylation sites (tertiary alicyclic amines) is 1. The monoisotopic (exact) mass is 282 g/mol. The minimum Gasteiger partial charge on any atom is -0.380 e. The number of quaternary nitrogens is 1. The van der Waals surface area contributed by atoms with E-state index in [-0.39, 0.29) is 5.92 Å². The van der Waals surface area contributed by atoms with Gasteiger partial charge in [-0.3, -0.25) is 0 Å². The first kappa shape index (κ1) is 14.3. The maximum atomic E-state index is 11.7. The SMILES string of the molecule is C[NH+]1CCC(C(O)(c2ccccc2)c2ccccc2)CC1. The highest BCUT2D eigenvalue weighted by Gasteiger charge is 2.42. The number of hydrogen-bond donors (Lipinski definition) is 2. The minimum atomic E-state index is -0.872. The average molecular weight is 282 g/mol. The molecule has 0 bridgehead atoms. The van der Waals surface area contributed by atoms with Gasteiger partial charge in [0.1, 0.15) is 5.60 Å². The molecule has 1 aliphatic heterocycles. The van der Waals surface area contributed by atoms with Gasteiger partial charge in [0.25, 0.3) is 0 Å². The van der Waals surface area contributed by atoms with Crippen LogP contribution in [0.1, 0.15) is 24.0 Å². The van der Waals surface area contributed by atoms with Crippen LogP contribution in [-0.2, 0) is 5.60 Å². The van der Waals surface area contributed by atoms with Crippen molar-refractivity contribution in [1.29, 1.82) is 0 Å². The lowest BCUT2D eigenvalue weighted by Gasteiger charge is -2.40. The zero-order valence-electron chi connectivity index (χ0n) is 12.6. The predicted octanol–water partition coefficient (Wildman–Crippen LogP) is 1.85. The summed E-state index contributed by atoms with van der Waals surface area (Å²) in [5.74, 6) is 0.283. The average Bonchev–Trinajstić information content (AvgIpc) is 2.56. The number of hydrogen-bond acceptors (Lipinski definition) is 1. The van der Waals surface area contributed by atoms with Gasteiger partial charge in [0, 0.05) is 18.8 Å². The van der Waals surface area contributed by atoms with Crippen molar-refractivity contribution in [2.75, 3.05) is 20.1 Å². The van der Waals surface area contributed by atoms with Crippen LogP contribution in [0.4, 0.5) is 0 Å². The summed E-state index contributed by atoms with van der Waals surface area (Å²) in [4.78, 5) is 1.56. The van der Waals surface area contributed by atoms with E-state index in [4.69, 9.17) is 0 Å². The molecule has 0 atom stereocenters. The van der Waals surface area contributed by atoms with E-state index in [1.165, 1.54) is 0 Å². The van der Waals surface area contributed by atoms with Crippen LogP contribution in [0.5, 0.6) is 0 Å². The highest BCUT2D eigenvalue weighted by Crippen LogP contribution is 2.40. The molecule has 0 unspecified atom stereocenters. The van der Waals surface area contributed by atoms with Gasteiger partial charge < -0.3 is 10.0 Å². The summed E-state index contributed by atoms with van der Waals surface area (Å²) in [5, 5.41) is 11.7. The fourth-order valence-electron chi connectivity index (χ4n) is 3.55. The van der Waals surface area contributed by atoms with Gasteiger partial charge in [-0.25, -0.2) is 0 Å². The quantitative estimate of drug-likeness (QED) is 0.882. The molecule has 1 heterocycles.